The number of carbonyl (C=O) groups is 2. The molecule has 0 radical (unpaired) electrons. The third-order valence-corrected chi connectivity index (χ3v) is 2.25. The highest BCUT2D eigenvalue weighted by Crippen LogP contribution is 2.13. The van der Waals surface area contributed by atoms with Crippen LogP contribution < -0.4 is 5.73 Å². The van der Waals surface area contributed by atoms with Gasteiger partial charge in [-0.15, -0.1) is 23.2 Å². The number of hydrogen-bond donors (Lipinski definition) is 3. The van der Waals surface area contributed by atoms with Gasteiger partial charge in [-0.1, -0.05) is 0 Å². The molecule has 70 valence electrons. The van der Waals surface area contributed by atoms with Crippen molar-refractivity contribution < 1.29 is 19.8 Å². The monoisotopic (exact) mass is 215 g/mol. The molecule has 0 amide bonds. The van der Waals surface area contributed by atoms with E-state index in [-0.39, 0.29) is 0 Å². The molecule has 0 heterocycles. The quantitative estimate of drug-likeness (QED) is 0.560. The van der Waals surface area contributed by atoms with E-state index < -0.39 is 28.7 Å². The van der Waals surface area contributed by atoms with Crippen molar-refractivity contribution in [1.29, 1.82) is 0 Å². The molecule has 5 nitrogen and oxygen atoms in total. The Kier molecular flexibility index (Phi) is 4.30. The van der Waals surface area contributed by atoms with Gasteiger partial charge in [0.1, 0.15) is 11.4 Å². The molecule has 0 spiro atoms. The minimum absolute atomic E-state index is 1.33. The second-order valence-electron chi connectivity index (χ2n) is 2.05. The van der Waals surface area contributed by atoms with Crippen LogP contribution in [0.2, 0.25) is 0 Å². The third kappa shape index (κ3) is 2.84. The highest BCUT2D eigenvalue weighted by atomic mass is 35.5. The van der Waals surface area contributed by atoms with Crippen LogP contribution in [0, 0.1) is 0 Å². The van der Waals surface area contributed by atoms with Crippen molar-refractivity contribution in [2.75, 3.05) is 0 Å². The summed E-state index contributed by atoms with van der Waals surface area (Å²) >= 11 is 10.6. The maximum atomic E-state index is 10.2. The van der Waals surface area contributed by atoms with Crippen molar-refractivity contribution in [3.05, 3.63) is 0 Å². The fourth-order valence-electron chi connectivity index (χ4n) is 0.454. The van der Waals surface area contributed by atoms with Crippen LogP contribution in [-0.2, 0) is 9.59 Å². The Morgan fingerprint density at radius 1 is 1.17 bits per heavy atom. The van der Waals surface area contributed by atoms with Gasteiger partial charge in [-0.2, -0.15) is 0 Å². The van der Waals surface area contributed by atoms with Crippen LogP contribution >= 0.6 is 23.2 Å². The molecule has 4 N–H and O–H groups in total. The van der Waals surface area contributed by atoms with Crippen LogP contribution in [0.5, 0.6) is 0 Å². The Morgan fingerprint density at radius 2 is 1.58 bits per heavy atom. The van der Waals surface area contributed by atoms with Crippen molar-refractivity contribution in [3.8, 4) is 0 Å². The first-order valence-electron chi connectivity index (χ1n) is 2.87. The molecule has 12 heavy (non-hydrogen) atoms. The van der Waals surface area contributed by atoms with Crippen LogP contribution in [0.25, 0.3) is 0 Å². The standard InChI is InChI=1S/C5H7Cl2NO4/c6-1(2(7)4(9)10)3(8)5(11)12/h1-3H,8H2,(H,9,10)(H,11,12). The molecule has 0 saturated carbocycles. The second kappa shape index (κ2) is 4.49. The predicted octanol–water partition coefficient (Wildman–Crippen LogP) is -0.302. The fraction of sp³-hybridized carbons (Fsp3) is 0.600. The maximum absolute atomic E-state index is 10.2. The molecule has 0 aromatic heterocycles. The number of halogens is 2. The molecule has 0 bridgehead atoms. The van der Waals surface area contributed by atoms with Gasteiger partial charge >= 0.3 is 11.9 Å². The van der Waals surface area contributed by atoms with Crippen molar-refractivity contribution in [2.24, 2.45) is 5.73 Å². The van der Waals surface area contributed by atoms with E-state index in [0.29, 0.717) is 0 Å². The van der Waals surface area contributed by atoms with Crippen molar-refractivity contribution in [3.63, 3.8) is 0 Å². The van der Waals surface area contributed by atoms with Crippen molar-refractivity contribution >= 4 is 35.1 Å². The largest absolute Gasteiger partial charge is 0.480 e. The van der Waals surface area contributed by atoms with Gasteiger partial charge < -0.3 is 15.9 Å². The average molecular weight is 216 g/mol. The molecule has 0 aliphatic rings. The van der Waals surface area contributed by atoms with Crippen LogP contribution in [-0.4, -0.2) is 38.9 Å². The Morgan fingerprint density at radius 3 is 1.83 bits per heavy atom. The number of carboxylic acids is 2. The van der Waals surface area contributed by atoms with E-state index in [1.54, 1.807) is 0 Å². The molecule has 0 fully saturated rings. The van der Waals surface area contributed by atoms with Crippen LogP contribution in [0.3, 0.4) is 0 Å². The van der Waals surface area contributed by atoms with Gasteiger partial charge in [0.05, 0.1) is 5.38 Å². The number of alkyl halides is 2. The van der Waals surface area contributed by atoms with E-state index >= 15 is 0 Å². The molecule has 0 aromatic rings. The van der Waals surface area contributed by atoms with E-state index in [1.807, 2.05) is 0 Å². The topological polar surface area (TPSA) is 101 Å². The summed E-state index contributed by atoms with van der Waals surface area (Å²) in [5, 5.41) is 13.8. The number of aliphatic carboxylic acids is 2. The molecule has 0 aliphatic heterocycles. The first-order valence-corrected chi connectivity index (χ1v) is 3.74. The molecule has 7 heteroatoms. The second-order valence-corrected chi connectivity index (χ2v) is 3.02. The molecule has 0 aromatic carbocycles. The van der Waals surface area contributed by atoms with Gasteiger partial charge in [0, 0.05) is 0 Å². The average Bonchev–Trinajstić information content (AvgIpc) is 2.00. The molecular formula is C5H7Cl2NO4. The minimum atomic E-state index is -1.50. The zero-order valence-electron chi connectivity index (χ0n) is 5.78. The lowest BCUT2D eigenvalue weighted by atomic mass is 10.1. The van der Waals surface area contributed by atoms with Crippen LogP contribution in [0.1, 0.15) is 0 Å². The number of carboxylic acid groups (broad SMARTS) is 2. The summed E-state index contributed by atoms with van der Waals surface area (Å²) in [6.07, 6.45) is 0. The molecule has 0 aliphatic carbocycles. The zero-order chi connectivity index (χ0) is 9.89. The third-order valence-electron chi connectivity index (χ3n) is 1.14. The highest BCUT2D eigenvalue weighted by Gasteiger charge is 2.33. The smallest absolute Gasteiger partial charge is 0.323 e. The van der Waals surface area contributed by atoms with E-state index in [4.69, 9.17) is 39.1 Å². The first kappa shape index (κ1) is 11.5. The number of hydrogen-bond acceptors (Lipinski definition) is 3. The molecule has 3 atom stereocenters. The summed E-state index contributed by atoms with van der Waals surface area (Å²) in [5.74, 6) is -2.78. The lowest BCUT2D eigenvalue weighted by Gasteiger charge is -2.15. The Bertz CT molecular complexity index is 178. The first-order chi connectivity index (χ1) is 5.37. The number of rotatable bonds is 4. The van der Waals surface area contributed by atoms with Crippen molar-refractivity contribution in [1.82, 2.24) is 0 Å². The van der Waals surface area contributed by atoms with Crippen molar-refractivity contribution in [2.45, 2.75) is 16.8 Å². The van der Waals surface area contributed by atoms with E-state index in [9.17, 15) is 9.59 Å². The summed E-state index contributed by atoms with van der Waals surface area (Å²) in [7, 11) is 0. The zero-order valence-corrected chi connectivity index (χ0v) is 7.29. The summed E-state index contributed by atoms with van der Waals surface area (Å²) in [6, 6.07) is -1.48. The summed E-state index contributed by atoms with van der Waals surface area (Å²) in [5.41, 5.74) is 5.02. The molecular weight excluding hydrogens is 209 g/mol. The van der Waals surface area contributed by atoms with E-state index in [1.165, 1.54) is 0 Å². The normalized spacial score (nSPS) is 17.9. The maximum Gasteiger partial charge on any atom is 0.323 e. The van der Waals surface area contributed by atoms with Gasteiger partial charge in [0.2, 0.25) is 0 Å². The molecule has 0 rings (SSSR count). The van der Waals surface area contributed by atoms with E-state index in [2.05, 4.69) is 0 Å². The SMILES string of the molecule is NC(C(=O)O)C(Cl)C(Cl)C(=O)O. The van der Waals surface area contributed by atoms with Crippen LogP contribution in [0.4, 0.5) is 0 Å². The van der Waals surface area contributed by atoms with Crippen LogP contribution in [0.15, 0.2) is 0 Å². The fourth-order valence-corrected chi connectivity index (χ4v) is 0.827. The molecule has 0 saturated heterocycles. The molecule has 3 unspecified atom stereocenters. The minimum Gasteiger partial charge on any atom is -0.480 e. The van der Waals surface area contributed by atoms with Gasteiger partial charge in [0.15, 0.2) is 0 Å². The highest BCUT2D eigenvalue weighted by molar-refractivity contribution is 6.37. The lowest BCUT2D eigenvalue weighted by Crippen LogP contribution is -2.45. The Hall–Kier alpha value is -0.520. The Labute approximate surface area is 78.1 Å². The van der Waals surface area contributed by atoms with Gasteiger partial charge in [-0.05, 0) is 0 Å². The summed E-state index contributed by atoms with van der Waals surface area (Å²) in [4.78, 5) is 20.4. The van der Waals surface area contributed by atoms with Gasteiger partial charge in [0.25, 0.3) is 0 Å². The Balaban J connectivity index is 4.28. The summed E-state index contributed by atoms with van der Waals surface area (Å²) < 4.78 is 0. The lowest BCUT2D eigenvalue weighted by molar-refractivity contribution is -0.139. The van der Waals surface area contributed by atoms with Gasteiger partial charge in [-0.25, -0.2) is 0 Å². The predicted molar refractivity (Wildman–Crippen MR) is 42.5 cm³/mol. The summed E-state index contributed by atoms with van der Waals surface area (Å²) in [6.45, 7) is 0. The van der Waals surface area contributed by atoms with Gasteiger partial charge in [-0.3, -0.25) is 9.59 Å². The number of nitrogens with two attached hydrogens (primary N) is 1. The van der Waals surface area contributed by atoms with E-state index in [0.717, 1.165) is 0 Å².